The minimum atomic E-state index is -4.77. The molecule has 27 heavy (non-hydrogen) atoms. The van der Waals surface area contributed by atoms with Gasteiger partial charge in [0.25, 0.3) is 0 Å². The number of alkyl halides is 3. The summed E-state index contributed by atoms with van der Waals surface area (Å²) in [6, 6.07) is 15.1. The highest BCUT2D eigenvalue weighted by molar-refractivity contribution is 5.86. The van der Waals surface area contributed by atoms with Crippen LogP contribution in [-0.4, -0.2) is 15.9 Å². The van der Waals surface area contributed by atoms with E-state index in [1.807, 2.05) is 6.92 Å². The average Bonchev–Trinajstić information content (AvgIpc) is 2.93. The Kier molecular flexibility index (Phi) is 4.89. The van der Waals surface area contributed by atoms with Gasteiger partial charge in [-0.05, 0) is 38.1 Å². The Hall–Kier alpha value is -3.29. The van der Waals surface area contributed by atoms with Gasteiger partial charge in [0.05, 0.1) is 11.4 Å². The molecule has 0 bridgehead atoms. The second-order valence-corrected chi connectivity index (χ2v) is 5.89. The quantitative estimate of drug-likeness (QED) is 0.691. The van der Waals surface area contributed by atoms with E-state index in [1.165, 1.54) is 6.92 Å². The molecule has 0 fully saturated rings. The maximum atomic E-state index is 13.4. The van der Waals surface area contributed by atoms with Crippen molar-refractivity contribution in [1.82, 2.24) is 9.78 Å². The molecule has 140 valence electrons. The van der Waals surface area contributed by atoms with Crippen LogP contribution < -0.4 is 10.1 Å². The number of halogens is 3. The van der Waals surface area contributed by atoms with Crippen LogP contribution in [0.1, 0.15) is 17.0 Å². The Bertz CT molecular complexity index is 949. The zero-order chi connectivity index (χ0) is 19.6. The lowest BCUT2D eigenvalue weighted by molar-refractivity contribution is -0.142. The van der Waals surface area contributed by atoms with Crippen LogP contribution in [0.4, 0.5) is 23.7 Å². The van der Waals surface area contributed by atoms with Crippen molar-refractivity contribution in [2.24, 2.45) is 0 Å². The standard InChI is InChI=1S/C19H16F3N3O2/c1-12-8-10-15(11-9-12)25-13(2)16(17(24-25)19(20,21)22)27-18(26)23-14-6-4-3-5-7-14/h3-11H,1-2H3,(H,23,26). The number of carbonyl (C=O) groups is 1. The molecule has 0 aliphatic rings. The number of nitrogens with one attached hydrogen (secondary N) is 1. The first kappa shape index (κ1) is 18.5. The van der Waals surface area contributed by atoms with Crippen LogP contribution in [0, 0.1) is 13.8 Å². The Labute approximate surface area is 153 Å². The first-order chi connectivity index (χ1) is 12.8. The van der Waals surface area contributed by atoms with Crippen molar-refractivity contribution < 1.29 is 22.7 Å². The van der Waals surface area contributed by atoms with E-state index >= 15 is 0 Å². The zero-order valence-electron chi connectivity index (χ0n) is 14.5. The van der Waals surface area contributed by atoms with E-state index in [9.17, 15) is 18.0 Å². The van der Waals surface area contributed by atoms with Gasteiger partial charge in [0.15, 0.2) is 5.75 Å². The molecule has 5 nitrogen and oxygen atoms in total. The van der Waals surface area contributed by atoms with Crippen LogP contribution in [0.5, 0.6) is 5.75 Å². The van der Waals surface area contributed by atoms with E-state index < -0.39 is 23.7 Å². The molecule has 1 heterocycles. The number of para-hydroxylation sites is 1. The van der Waals surface area contributed by atoms with Gasteiger partial charge in [-0.15, -0.1) is 0 Å². The summed E-state index contributed by atoms with van der Waals surface area (Å²) in [6.07, 6.45) is -5.80. The van der Waals surface area contributed by atoms with E-state index in [4.69, 9.17) is 4.74 Å². The molecule has 0 atom stereocenters. The Morgan fingerprint density at radius 3 is 2.26 bits per heavy atom. The van der Waals surface area contributed by atoms with Crippen LogP contribution in [0.25, 0.3) is 5.69 Å². The lowest BCUT2D eigenvalue weighted by Crippen LogP contribution is -2.19. The third-order valence-electron chi connectivity index (χ3n) is 3.82. The van der Waals surface area contributed by atoms with Gasteiger partial charge in [0, 0.05) is 5.69 Å². The molecule has 0 aliphatic carbocycles. The minimum Gasteiger partial charge on any atom is -0.406 e. The molecular weight excluding hydrogens is 359 g/mol. The summed E-state index contributed by atoms with van der Waals surface area (Å²) in [5.41, 5.74) is 0.595. The molecule has 0 saturated heterocycles. The maximum Gasteiger partial charge on any atom is 0.438 e. The van der Waals surface area contributed by atoms with Crippen molar-refractivity contribution in [3.05, 3.63) is 71.5 Å². The van der Waals surface area contributed by atoms with Gasteiger partial charge >= 0.3 is 12.3 Å². The molecule has 3 rings (SSSR count). The molecule has 2 aromatic carbocycles. The monoisotopic (exact) mass is 375 g/mol. The Morgan fingerprint density at radius 1 is 1.04 bits per heavy atom. The first-order valence-electron chi connectivity index (χ1n) is 8.03. The number of rotatable bonds is 3. The highest BCUT2D eigenvalue weighted by atomic mass is 19.4. The third kappa shape index (κ3) is 4.11. The average molecular weight is 375 g/mol. The predicted molar refractivity (Wildman–Crippen MR) is 94.1 cm³/mol. The van der Waals surface area contributed by atoms with Crippen molar-refractivity contribution in [1.29, 1.82) is 0 Å². The van der Waals surface area contributed by atoms with E-state index in [0.29, 0.717) is 11.4 Å². The second-order valence-electron chi connectivity index (χ2n) is 5.89. The van der Waals surface area contributed by atoms with Crippen molar-refractivity contribution >= 4 is 11.8 Å². The lowest BCUT2D eigenvalue weighted by atomic mass is 10.2. The predicted octanol–water partition coefficient (Wildman–Crippen LogP) is 5.12. The third-order valence-corrected chi connectivity index (χ3v) is 3.82. The molecule has 1 N–H and O–H groups in total. The number of benzene rings is 2. The van der Waals surface area contributed by atoms with Gasteiger partial charge < -0.3 is 4.74 Å². The summed E-state index contributed by atoms with van der Waals surface area (Å²) in [6.45, 7) is 3.27. The topological polar surface area (TPSA) is 56.2 Å². The van der Waals surface area contributed by atoms with E-state index in [1.54, 1.807) is 54.6 Å². The number of amides is 1. The molecule has 0 spiro atoms. The number of aromatic nitrogens is 2. The fourth-order valence-electron chi connectivity index (χ4n) is 2.49. The van der Waals surface area contributed by atoms with Gasteiger partial charge in [-0.2, -0.15) is 18.3 Å². The van der Waals surface area contributed by atoms with Gasteiger partial charge in [-0.1, -0.05) is 35.9 Å². The molecule has 0 unspecified atom stereocenters. The maximum absolute atomic E-state index is 13.4. The summed E-state index contributed by atoms with van der Waals surface area (Å²) in [7, 11) is 0. The molecule has 1 aromatic heterocycles. The second kappa shape index (κ2) is 7.14. The molecule has 3 aromatic rings. The molecular formula is C19H16F3N3O2. The number of nitrogens with zero attached hydrogens (tertiary/aromatic N) is 2. The van der Waals surface area contributed by atoms with Gasteiger partial charge in [-0.25, -0.2) is 9.48 Å². The van der Waals surface area contributed by atoms with Crippen molar-refractivity contribution in [2.75, 3.05) is 5.32 Å². The summed E-state index contributed by atoms with van der Waals surface area (Å²) in [5.74, 6) is -0.628. The molecule has 8 heteroatoms. The molecule has 0 aliphatic heterocycles. The van der Waals surface area contributed by atoms with E-state index in [2.05, 4.69) is 10.4 Å². The number of anilines is 1. The van der Waals surface area contributed by atoms with Crippen molar-refractivity contribution in [3.8, 4) is 11.4 Å². The fourth-order valence-corrected chi connectivity index (χ4v) is 2.49. The lowest BCUT2D eigenvalue weighted by Gasteiger charge is -2.09. The van der Waals surface area contributed by atoms with Gasteiger partial charge in [-0.3, -0.25) is 5.32 Å². The summed E-state index contributed by atoms with van der Waals surface area (Å²) >= 11 is 0. The molecule has 0 radical (unpaired) electrons. The number of aryl methyl sites for hydroxylation is 1. The number of ether oxygens (including phenoxy) is 1. The number of carbonyl (C=O) groups excluding carboxylic acids is 1. The van der Waals surface area contributed by atoms with Crippen LogP contribution in [0.2, 0.25) is 0 Å². The summed E-state index contributed by atoms with van der Waals surface area (Å²) in [5, 5.41) is 6.01. The highest BCUT2D eigenvalue weighted by Crippen LogP contribution is 2.38. The van der Waals surface area contributed by atoms with E-state index in [-0.39, 0.29) is 5.69 Å². The minimum absolute atomic E-state index is 0.0642. The zero-order valence-corrected chi connectivity index (χ0v) is 14.5. The fraction of sp³-hybridized carbons (Fsp3) is 0.158. The van der Waals surface area contributed by atoms with Gasteiger partial charge in [0.1, 0.15) is 0 Å². The van der Waals surface area contributed by atoms with Crippen LogP contribution >= 0.6 is 0 Å². The van der Waals surface area contributed by atoms with Crippen LogP contribution in [-0.2, 0) is 6.18 Å². The Balaban J connectivity index is 1.95. The van der Waals surface area contributed by atoms with Crippen LogP contribution in [0.3, 0.4) is 0 Å². The SMILES string of the molecule is Cc1ccc(-n2nc(C(F)(F)F)c(OC(=O)Nc3ccccc3)c2C)cc1. The van der Waals surface area contributed by atoms with Crippen molar-refractivity contribution in [2.45, 2.75) is 20.0 Å². The van der Waals surface area contributed by atoms with Gasteiger partial charge in [0.2, 0.25) is 5.69 Å². The van der Waals surface area contributed by atoms with Crippen molar-refractivity contribution in [3.63, 3.8) is 0 Å². The van der Waals surface area contributed by atoms with E-state index in [0.717, 1.165) is 10.2 Å². The number of hydrogen-bond acceptors (Lipinski definition) is 3. The largest absolute Gasteiger partial charge is 0.438 e. The van der Waals surface area contributed by atoms with Crippen LogP contribution in [0.15, 0.2) is 54.6 Å². The molecule has 1 amide bonds. The first-order valence-corrected chi connectivity index (χ1v) is 8.03. The Morgan fingerprint density at radius 2 is 1.67 bits per heavy atom. The summed E-state index contributed by atoms with van der Waals surface area (Å²) < 4.78 is 46.3. The molecule has 0 saturated carbocycles. The smallest absolute Gasteiger partial charge is 0.406 e. The summed E-state index contributed by atoms with van der Waals surface area (Å²) in [4.78, 5) is 12.1. The number of hydrogen-bond donors (Lipinski definition) is 1. The highest BCUT2D eigenvalue weighted by Gasteiger charge is 2.40. The normalized spacial score (nSPS) is 11.3.